The zero-order valence-electron chi connectivity index (χ0n) is 11.2. The number of nitrogens with one attached hydrogen (secondary N) is 1. The van der Waals surface area contributed by atoms with Crippen LogP contribution < -0.4 is 10.1 Å². The molecule has 0 aliphatic heterocycles. The molecule has 2 aromatic rings. The van der Waals surface area contributed by atoms with Crippen molar-refractivity contribution < 1.29 is 4.74 Å². The second-order valence-corrected chi connectivity index (χ2v) is 5.28. The van der Waals surface area contributed by atoms with Crippen LogP contribution in [0.2, 0.25) is 0 Å². The smallest absolute Gasteiger partial charge is 0.143 e. The van der Waals surface area contributed by atoms with Crippen molar-refractivity contribution >= 4 is 17.0 Å². The number of benzene rings is 1. The van der Waals surface area contributed by atoms with Crippen molar-refractivity contribution in [2.45, 2.75) is 19.9 Å². The normalized spacial score (nSPS) is 11.7. The van der Waals surface area contributed by atoms with Gasteiger partial charge in [0.05, 0.1) is 24.4 Å². The van der Waals surface area contributed by atoms with Crippen molar-refractivity contribution in [3.8, 4) is 11.8 Å². The number of aryl methyl sites for hydroxylation is 1. The van der Waals surface area contributed by atoms with Crippen molar-refractivity contribution in [2.24, 2.45) is 0 Å². The van der Waals surface area contributed by atoms with Crippen LogP contribution in [0, 0.1) is 18.3 Å². The summed E-state index contributed by atoms with van der Waals surface area (Å²) < 4.78 is 5.33. The van der Waals surface area contributed by atoms with E-state index in [2.05, 4.69) is 36.7 Å². The lowest BCUT2D eigenvalue weighted by atomic mass is 10.1. The topological polar surface area (TPSA) is 45.0 Å². The van der Waals surface area contributed by atoms with Crippen molar-refractivity contribution in [1.29, 1.82) is 5.26 Å². The molecular weight excluding hydrogens is 256 g/mol. The SMILES string of the molecule is COc1cccc(C#N)c1NC(C)c1sccc1C. The highest BCUT2D eigenvalue weighted by molar-refractivity contribution is 7.10. The Morgan fingerprint density at radius 1 is 1.37 bits per heavy atom. The van der Waals surface area contributed by atoms with E-state index in [4.69, 9.17) is 4.74 Å². The third-order valence-electron chi connectivity index (χ3n) is 3.02. The first kappa shape index (κ1) is 13.4. The van der Waals surface area contributed by atoms with Crippen LogP contribution in [0.3, 0.4) is 0 Å². The molecule has 1 heterocycles. The average Bonchev–Trinajstić information content (AvgIpc) is 2.85. The molecule has 1 aromatic carbocycles. The lowest BCUT2D eigenvalue weighted by molar-refractivity contribution is 0.416. The molecule has 3 nitrogen and oxygen atoms in total. The van der Waals surface area contributed by atoms with E-state index in [1.54, 1.807) is 24.5 Å². The maximum atomic E-state index is 9.19. The Balaban J connectivity index is 2.33. The van der Waals surface area contributed by atoms with E-state index in [-0.39, 0.29) is 6.04 Å². The van der Waals surface area contributed by atoms with Gasteiger partial charge in [0.15, 0.2) is 0 Å². The molecule has 1 unspecified atom stereocenters. The predicted octanol–water partition coefficient (Wildman–Crippen LogP) is 4.11. The van der Waals surface area contributed by atoms with Gasteiger partial charge in [0, 0.05) is 4.88 Å². The molecule has 2 rings (SSSR count). The van der Waals surface area contributed by atoms with E-state index in [0.717, 1.165) is 5.69 Å². The van der Waals surface area contributed by atoms with Crippen molar-refractivity contribution in [1.82, 2.24) is 0 Å². The Bertz CT molecular complexity index is 613. The molecule has 4 heteroatoms. The summed E-state index contributed by atoms with van der Waals surface area (Å²) in [4.78, 5) is 1.27. The maximum Gasteiger partial charge on any atom is 0.143 e. The minimum absolute atomic E-state index is 0.142. The third-order valence-corrected chi connectivity index (χ3v) is 4.22. The lowest BCUT2D eigenvalue weighted by Crippen LogP contribution is -2.08. The van der Waals surface area contributed by atoms with Gasteiger partial charge < -0.3 is 10.1 Å². The molecular formula is C15H16N2OS. The van der Waals surface area contributed by atoms with Gasteiger partial charge in [0.1, 0.15) is 11.8 Å². The Labute approximate surface area is 117 Å². The summed E-state index contributed by atoms with van der Waals surface area (Å²) in [6, 6.07) is 9.91. The summed E-state index contributed by atoms with van der Waals surface area (Å²) in [5.74, 6) is 0.695. The zero-order chi connectivity index (χ0) is 13.8. The van der Waals surface area contributed by atoms with Gasteiger partial charge in [-0.3, -0.25) is 0 Å². The number of ether oxygens (including phenoxy) is 1. The maximum absolute atomic E-state index is 9.19. The van der Waals surface area contributed by atoms with Gasteiger partial charge in [0.2, 0.25) is 0 Å². The number of nitrogens with zero attached hydrogens (tertiary/aromatic N) is 1. The van der Waals surface area contributed by atoms with Gasteiger partial charge in [-0.25, -0.2) is 0 Å². The third kappa shape index (κ3) is 2.72. The van der Waals surface area contributed by atoms with Crippen molar-refractivity contribution in [3.05, 3.63) is 45.6 Å². The highest BCUT2D eigenvalue weighted by Gasteiger charge is 2.15. The first-order valence-electron chi connectivity index (χ1n) is 6.05. The molecule has 0 aliphatic carbocycles. The molecule has 0 bridgehead atoms. The summed E-state index contributed by atoms with van der Waals surface area (Å²) in [7, 11) is 1.61. The Kier molecular flexibility index (Phi) is 4.08. The van der Waals surface area contributed by atoms with Gasteiger partial charge >= 0.3 is 0 Å². The molecule has 1 atom stereocenters. The Morgan fingerprint density at radius 2 is 2.16 bits per heavy atom. The number of hydrogen-bond acceptors (Lipinski definition) is 4. The number of para-hydroxylation sites is 1. The number of hydrogen-bond donors (Lipinski definition) is 1. The first-order chi connectivity index (χ1) is 9.17. The minimum atomic E-state index is 0.142. The molecule has 19 heavy (non-hydrogen) atoms. The number of rotatable bonds is 4. The summed E-state index contributed by atoms with van der Waals surface area (Å²) in [5.41, 5.74) is 2.62. The standard InChI is InChI=1S/C15H16N2OS/c1-10-7-8-19-15(10)11(2)17-14-12(9-16)5-4-6-13(14)18-3/h4-8,11,17H,1-3H3. The van der Waals surface area contributed by atoms with Gasteiger partial charge in [0.25, 0.3) is 0 Å². The number of thiophene rings is 1. The van der Waals surface area contributed by atoms with Crippen molar-refractivity contribution in [3.63, 3.8) is 0 Å². The van der Waals surface area contributed by atoms with Crippen LogP contribution in [0.15, 0.2) is 29.6 Å². The van der Waals surface area contributed by atoms with E-state index in [9.17, 15) is 5.26 Å². The van der Waals surface area contributed by atoms with E-state index in [1.807, 2.05) is 12.1 Å². The number of methoxy groups -OCH3 is 1. The van der Waals surface area contributed by atoms with E-state index in [1.165, 1.54) is 10.4 Å². The first-order valence-corrected chi connectivity index (χ1v) is 6.93. The van der Waals surface area contributed by atoms with Crippen LogP contribution in [0.25, 0.3) is 0 Å². The molecule has 0 radical (unpaired) electrons. The van der Waals surface area contributed by atoms with E-state index >= 15 is 0 Å². The van der Waals surface area contributed by atoms with Crippen LogP contribution in [0.5, 0.6) is 5.75 Å². The highest BCUT2D eigenvalue weighted by Crippen LogP contribution is 2.33. The van der Waals surface area contributed by atoms with Crippen LogP contribution in [0.4, 0.5) is 5.69 Å². The molecule has 98 valence electrons. The average molecular weight is 272 g/mol. The van der Waals surface area contributed by atoms with Gasteiger partial charge in [-0.1, -0.05) is 6.07 Å². The minimum Gasteiger partial charge on any atom is -0.495 e. The summed E-state index contributed by atoms with van der Waals surface area (Å²) in [5, 5.41) is 14.7. The fraction of sp³-hybridized carbons (Fsp3) is 0.267. The largest absolute Gasteiger partial charge is 0.495 e. The fourth-order valence-electron chi connectivity index (χ4n) is 2.05. The molecule has 0 spiro atoms. The summed E-state index contributed by atoms with van der Waals surface area (Å²) >= 11 is 1.72. The molecule has 0 saturated carbocycles. The summed E-state index contributed by atoms with van der Waals surface area (Å²) in [6.07, 6.45) is 0. The second-order valence-electron chi connectivity index (χ2n) is 4.33. The van der Waals surface area contributed by atoms with Gasteiger partial charge in [-0.15, -0.1) is 11.3 Å². The van der Waals surface area contributed by atoms with Crippen LogP contribution >= 0.6 is 11.3 Å². The van der Waals surface area contributed by atoms with E-state index in [0.29, 0.717) is 11.3 Å². The predicted molar refractivity (Wildman–Crippen MR) is 78.8 cm³/mol. The van der Waals surface area contributed by atoms with Crippen LogP contribution in [0.1, 0.15) is 29.0 Å². The van der Waals surface area contributed by atoms with Gasteiger partial charge in [-0.05, 0) is 43.0 Å². The summed E-state index contributed by atoms with van der Waals surface area (Å²) in [6.45, 7) is 4.18. The highest BCUT2D eigenvalue weighted by atomic mass is 32.1. The quantitative estimate of drug-likeness (QED) is 0.911. The molecule has 0 saturated heterocycles. The molecule has 0 fully saturated rings. The van der Waals surface area contributed by atoms with Crippen LogP contribution in [-0.2, 0) is 0 Å². The number of anilines is 1. The zero-order valence-corrected chi connectivity index (χ0v) is 12.0. The molecule has 1 aromatic heterocycles. The molecule has 0 amide bonds. The van der Waals surface area contributed by atoms with Gasteiger partial charge in [-0.2, -0.15) is 5.26 Å². The molecule has 0 aliphatic rings. The Hall–Kier alpha value is -1.99. The monoisotopic (exact) mass is 272 g/mol. The fourth-order valence-corrected chi connectivity index (χ4v) is 2.99. The molecule has 1 N–H and O–H groups in total. The Morgan fingerprint density at radius 3 is 2.74 bits per heavy atom. The second kappa shape index (κ2) is 5.77. The van der Waals surface area contributed by atoms with Crippen molar-refractivity contribution in [2.75, 3.05) is 12.4 Å². The lowest BCUT2D eigenvalue weighted by Gasteiger charge is -2.18. The number of nitriles is 1. The van der Waals surface area contributed by atoms with Crippen LogP contribution in [-0.4, -0.2) is 7.11 Å². The van der Waals surface area contributed by atoms with E-state index < -0.39 is 0 Å².